The SMILES string of the molecule is [C-]#[N+]C(C)c1cc(C)sc1C. The molecule has 0 aromatic carbocycles. The van der Waals surface area contributed by atoms with Crippen molar-refractivity contribution >= 4 is 11.3 Å². The van der Waals surface area contributed by atoms with Gasteiger partial charge in [0.05, 0.1) is 0 Å². The average molecular weight is 165 g/mol. The summed E-state index contributed by atoms with van der Waals surface area (Å²) in [5, 5.41) is 0. The van der Waals surface area contributed by atoms with Crippen molar-refractivity contribution in [2.45, 2.75) is 26.8 Å². The first kappa shape index (κ1) is 8.29. The zero-order chi connectivity index (χ0) is 8.43. The summed E-state index contributed by atoms with van der Waals surface area (Å²) in [6.45, 7) is 13.0. The largest absolute Gasteiger partial charge is 0.309 e. The van der Waals surface area contributed by atoms with Crippen molar-refractivity contribution in [2.24, 2.45) is 0 Å². The van der Waals surface area contributed by atoms with Crippen LogP contribution >= 0.6 is 11.3 Å². The van der Waals surface area contributed by atoms with Crippen molar-refractivity contribution < 1.29 is 0 Å². The molecule has 0 saturated heterocycles. The van der Waals surface area contributed by atoms with Crippen LogP contribution in [0.15, 0.2) is 6.07 Å². The van der Waals surface area contributed by atoms with Crippen molar-refractivity contribution in [3.05, 3.63) is 32.8 Å². The molecule has 0 N–H and O–H groups in total. The van der Waals surface area contributed by atoms with Gasteiger partial charge >= 0.3 is 0 Å². The molecule has 1 nitrogen and oxygen atoms in total. The van der Waals surface area contributed by atoms with E-state index in [4.69, 9.17) is 6.57 Å². The molecule has 1 atom stereocenters. The molecule has 0 saturated carbocycles. The first-order valence-electron chi connectivity index (χ1n) is 3.58. The van der Waals surface area contributed by atoms with Crippen LogP contribution in [0.3, 0.4) is 0 Å². The summed E-state index contributed by atoms with van der Waals surface area (Å²) in [6.07, 6.45) is 0. The van der Waals surface area contributed by atoms with Crippen molar-refractivity contribution in [3.8, 4) is 0 Å². The first-order valence-corrected chi connectivity index (χ1v) is 4.40. The van der Waals surface area contributed by atoms with E-state index in [1.807, 2.05) is 6.92 Å². The highest BCUT2D eigenvalue weighted by Crippen LogP contribution is 2.27. The second kappa shape index (κ2) is 3.06. The van der Waals surface area contributed by atoms with Gasteiger partial charge in [0.1, 0.15) is 0 Å². The molecule has 0 radical (unpaired) electrons. The number of thiophene rings is 1. The Morgan fingerprint density at radius 1 is 1.55 bits per heavy atom. The van der Waals surface area contributed by atoms with Crippen LogP contribution in [0.5, 0.6) is 0 Å². The van der Waals surface area contributed by atoms with Gasteiger partial charge < -0.3 is 4.85 Å². The fourth-order valence-electron chi connectivity index (χ4n) is 1.13. The summed E-state index contributed by atoms with van der Waals surface area (Å²) < 4.78 is 0. The molecule has 0 spiro atoms. The molecule has 1 unspecified atom stereocenters. The Morgan fingerprint density at radius 3 is 2.55 bits per heavy atom. The van der Waals surface area contributed by atoms with E-state index in [0.717, 1.165) is 0 Å². The molecular weight excluding hydrogens is 154 g/mol. The quantitative estimate of drug-likeness (QED) is 0.562. The molecule has 0 fully saturated rings. The van der Waals surface area contributed by atoms with Gasteiger partial charge in [-0.3, -0.25) is 0 Å². The number of hydrogen-bond donors (Lipinski definition) is 0. The van der Waals surface area contributed by atoms with E-state index in [2.05, 4.69) is 24.8 Å². The van der Waals surface area contributed by atoms with Crippen LogP contribution in [-0.2, 0) is 0 Å². The minimum Gasteiger partial charge on any atom is -0.309 e. The van der Waals surface area contributed by atoms with Crippen LogP contribution in [-0.4, -0.2) is 0 Å². The maximum Gasteiger partial charge on any atom is 0.247 e. The Hall–Kier alpha value is -0.810. The maximum atomic E-state index is 6.88. The average Bonchev–Trinajstić information content (AvgIpc) is 2.28. The molecule has 0 aliphatic rings. The van der Waals surface area contributed by atoms with E-state index in [1.165, 1.54) is 15.3 Å². The third-order valence-electron chi connectivity index (χ3n) is 1.72. The Bertz CT molecular complexity index is 293. The van der Waals surface area contributed by atoms with E-state index in [-0.39, 0.29) is 6.04 Å². The van der Waals surface area contributed by atoms with E-state index < -0.39 is 0 Å². The number of hydrogen-bond acceptors (Lipinski definition) is 1. The number of nitrogens with zero attached hydrogens (tertiary/aromatic N) is 1. The van der Waals surface area contributed by atoms with Crippen LogP contribution in [0.4, 0.5) is 0 Å². The summed E-state index contributed by atoms with van der Waals surface area (Å²) >= 11 is 1.77. The highest BCUT2D eigenvalue weighted by atomic mass is 32.1. The van der Waals surface area contributed by atoms with Gasteiger partial charge in [-0.1, -0.05) is 0 Å². The highest BCUT2D eigenvalue weighted by molar-refractivity contribution is 7.12. The standard InChI is InChI=1S/C9H11NS/c1-6-5-9(7(2)10-4)8(3)11-6/h5,7H,1-3H3. The Morgan fingerprint density at radius 2 is 2.18 bits per heavy atom. The summed E-state index contributed by atoms with van der Waals surface area (Å²) in [7, 11) is 0. The van der Waals surface area contributed by atoms with Gasteiger partial charge in [-0.2, -0.15) is 0 Å². The van der Waals surface area contributed by atoms with Crippen molar-refractivity contribution in [3.63, 3.8) is 0 Å². The second-order valence-corrected chi connectivity index (χ2v) is 4.13. The van der Waals surface area contributed by atoms with E-state index in [0.29, 0.717) is 0 Å². The molecule has 0 aliphatic carbocycles. The Labute approximate surface area is 71.5 Å². The molecule has 0 bridgehead atoms. The fraction of sp³-hybridized carbons (Fsp3) is 0.444. The molecule has 0 aliphatic heterocycles. The lowest BCUT2D eigenvalue weighted by Gasteiger charge is -1.94. The summed E-state index contributed by atoms with van der Waals surface area (Å²) in [5.41, 5.74) is 1.20. The predicted octanol–water partition coefficient (Wildman–Crippen LogP) is 3.35. The van der Waals surface area contributed by atoms with Gasteiger partial charge in [0.25, 0.3) is 0 Å². The number of aryl methyl sites for hydroxylation is 2. The predicted molar refractivity (Wildman–Crippen MR) is 48.8 cm³/mol. The summed E-state index contributed by atoms with van der Waals surface area (Å²) in [6, 6.07) is 2.14. The van der Waals surface area contributed by atoms with E-state index in [9.17, 15) is 0 Å². The van der Waals surface area contributed by atoms with Gasteiger partial charge in [0, 0.05) is 22.2 Å². The molecule has 2 heteroatoms. The maximum absolute atomic E-state index is 6.88. The molecule has 1 heterocycles. The molecule has 1 rings (SSSR count). The van der Waals surface area contributed by atoms with Gasteiger partial charge in [0.15, 0.2) is 0 Å². The van der Waals surface area contributed by atoms with Crippen molar-refractivity contribution in [1.29, 1.82) is 0 Å². The van der Waals surface area contributed by atoms with E-state index >= 15 is 0 Å². The lowest BCUT2D eigenvalue weighted by Crippen LogP contribution is -1.84. The van der Waals surface area contributed by atoms with Gasteiger partial charge in [-0.05, 0) is 19.9 Å². The second-order valence-electron chi connectivity index (χ2n) is 2.67. The summed E-state index contributed by atoms with van der Waals surface area (Å²) in [4.78, 5) is 6.07. The highest BCUT2D eigenvalue weighted by Gasteiger charge is 2.13. The molecule has 0 amide bonds. The monoisotopic (exact) mass is 165 g/mol. The molecule has 1 aromatic rings. The van der Waals surface area contributed by atoms with Gasteiger partial charge in [-0.25, -0.2) is 6.57 Å². The summed E-state index contributed by atoms with van der Waals surface area (Å²) in [5.74, 6) is 0. The smallest absolute Gasteiger partial charge is 0.247 e. The van der Waals surface area contributed by atoms with Crippen LogP contribution in [0.2, 0.25) is 0 Å². The van der Waals surface area contributed by atoms with Crippen LogP contribution in [0.1, 0.15) is 28.3 Å². The van der Waals surface area contributed by atoms with E-state index in [1.54, 1.807) is 11.3 Å². The molecule has 58 valence electrons. The molecular formula is C9H11NS. The third kappa shape index (κ3) is 1.61. The minimum absolute atomic E-state index is 0.0277. The normalized spacial score (nSPS) is 12.5. The van der Waals surface area contributed by atoms with Gasteiger partial charge in [-0.15, -0.1) is 11.3 Å². The zero-order valence-electron chi connectivity index (χ0n) is 7.01. The van der Waals surface area contributed by atoms with Crippen molar-refractivity contribution in [1.82, 2.24) is 0 Å². The van der Waals surface area contributed by atoms with Crippen LogP contribution in [0.25, 0.3) is 4.85 Å². The third-order valence-corrected chi connectivity index (χ3v) is 2.70. The van der Waals surface area contributed by atoms with Crippen LogP contribution < -0.4 is 0 Å². The fourth-order valence-corrected chi connectivity index (χ4v) is 2.15. The lowest BCUT2D eigenvalue weighted by atomic mass is 10.1. The van der Waals surface area contributed by atoms with Crippen LogP contribution in [0, 0.1) is 20.4 Å². The number of rotatable bonds is 1. The first-order chi connectivity index (χ1) is 5.15. The topological polar surface area (TPSA) is 4.36 Å². The molecule has 1 aromatic heterocycles. The zero-order valence-corrected chi connectivity index (χ0v) is 7.83. The lowest BCUT2D eigenvalue weighted by molar-refractivity contribution is 0.957. The minimum atomic E-state index is 0.0277. The Balaban J connectivity index is 3.05. The van der Waals surface area contributed by atoms with Crippen molar-refractivity contribution in [2.75, 3.05) is 0 Å². The molecule has 11 heavy (non-hydrogen) atoms. The van der Waals surface area contributed by atoms with Gasteiger partial charge in [0.2, 0.25) is 6.04 Å². The Kier molecular flexibility index (Phi) is 2.31.